The van der Waals surface area contributed by atoms with Crippen molar-refractivity contribution in [1.29, 1.82) is 0 Å². The number of pyridine rings is 1. The second-order valence-corrected chi connectivity index (χ2v) is 16.8. The van der Waals surface area contributed by atoms with Crippen LogP contribution in [0.25, 0.3) is 44.7 Å². The number of allylic oxidation sites excluding steroid dienone is 2. The average Bonchev–Trinajstić information content (AvgIpc) is 3.83. The van der Waals surface area contributed by atoms with Gasteiger partial charge < -0.3 is 10.6 Å². The van der Waals surface area contributed by atoms with Crippen LogP contribution in [0, 0.1) is 0 Å². The molecule has 2 aliphatic heterocycles. The molecule has 1 atom stereocenters. The number of amidine groups is 2. The molecule has 13 rings (SSSR count). The molecule has 1 aromatic heterocycles. The van der Waals surface area contributed by atoms with Crippen LogP contribution in [-0.4, -0.2) is 22.7 Å². The van der Waals surface area contributed by atoms with E-state index in [0.717, 1.165) is 56.0 Å². The SMILES string of the molecule is C1=CC2=c3ccncc3=C(c3cc(-c4ccc5c(c4)C4(c6ccccc6-c6ccccc64)c4ccccc4-5)cc(C4N=C(c5ccccc5)NC(c5ccccc5)=N4)c3)NC2C=C1. The Bertz CT molecular complexity index is 3350. The zero-order chi connectivity index (χ0) is 41.5. The Balaban J connectivity index is 1.07. The fraction of sp³-hybridized carbons (Fsp3) is 0.0517. The molecule has 2 N–H and O–H groups in total. The Labute approximate surface area is 365 Å². The highest BCUT2D eigenvalue weighted by Crippen LogP contribution is 2.63. The molecule has 63 heavy (non-hydrogen) atoms. The zero-order valence-corrected chi connectivity index (χ0v) is 34.2. The number of hydrogen-bond acceptors (Lipinski definition) is 5. The third-order valence-corrected chi connectivity index (χ3v) is 13.4. The molecular formula is C58H39N5. The summed E-state index contributed by atoms with van der Waals surface area (Å²) < 4.78 is 0. The summed E-state index contributed by atoms with van der Waals surface area (Å²) in [6.07, 6.45) is 12.0. The summed E-state index contributed by atoms with van der Waals surface area (Å²) >= 11 is 0. The van der Waals surface area contributed by atoms with Gasteiger partial charge in [-0.25, -0.2) is 9.98 Å². The third-order valence-electron chi connectivity index (χ3n) is 13.4. The van der Waals surface area contributed by atoms with Gasteiger partial charge >= 0.3 is 0 Å². The lowest BCUT2D eigenvalue weighted by molar-refractivity contribution is 0.755. The van der Waals surface area contributed by atoms with Gasteiger partial charge in [0, 0.05) is 28.7 Å². The van der Waals surface area contributed by atoms with Gasteiger partial charge in [0.15, 0.2) is 6.17 Å². The molecule has 0 radical (unpaired) electrons. The van der Waals surface area contributed by atoms with Crippen molar-refractivity contribution in [1.82, 2.24) is 15.6 Å². The Morgan fingerprint density at radius 2 is 1.05 bits per heavy atom. The van der Waals surface area contributed by atoms with Gasteiger partial charge in [-0.2, -0.15) is 0 Å². The van der Waals surface area contributed by atoms with Crippen molar-refractivity contribution in [2.45, 2.75) is 17.6 Å². The van der Waals surface area contributed by atoms with Crippen molar-refractivity contribution < 1.29 is 0 Å². The Hall–Kier alpha value is -8.15. The van der Waals surface area contributed by atoms with Crippen molar-refractivity contribution in [3.05, 3.63) is 268 Å². The monoisotopic (exact) mass is 805 g/mol. The van der Waals surface area contributed by atoms with E-state index in [4.69, 9.17) is 9.98 Å². The van der Waals surface area contributed by atoms with Crippen molar-refractivity contribution in [2.24, 2.45) is 9.98 Å². The van der Waals surface area contributed by atoms with Gasteiger partial charge in [-0.3, -0.25) is 4.98 Å². The van der Waals surface area contributed by atoms with E-state index in [1.165, 1.54) is 55.3 Å². The Morgan fingerprint density at radius 3 is 1.70 bits per heavy atom. The van der Waals surface area contributed by atoms with Gasteiger partial charge in [0.1, 0.15) is 11.7 Å². The average molecular weight is 806 g/mol. The highest BCUT2D eigenvalue weighted by molar-refractivity contribution is 6.16. The zero-order valence-electron chi connectivity index (χ0n) is 34.2. The van der Waals surface area contributed by atoms with Crippen LogP contribution < -0.4 is 21.1 Å². The number of nitrogens with zero attached hydrogens (tertiary/aromatic N) is 3. The van der Waals surface area contributed by atoms with E-state index in [1.54, 1.807) is 0 Å². The molecular weight excluding hydrogens is 767 g/mol. The van der Waals surface area contributed by atoms with E-state index >= 15 is 0 Å². The minimum atomic E-state index is -0.522. The number of fused-ring (bicyclic) bond motifs is 12. The summed E-state index contributed by atoms with van der Waals surface area (Å²) in [5, 5.41) is 9.79. The van der Waals surface area contributed by atoms with Crippen molar-refractivity contribution in [3.63, 3.8) is 0 Å². The quantitative estimate of drug-likeness (QED) is 0.182. The smallest absolute Gasteiger partial charge is 0.169 e. The molecule has 7 aromatic carbocycles. The highest BCUT2D eigenvalue weighted by atomic mass is 15.2. The second kappa shape index (κ2) is 13.9. The van der Waals surface area contributed by atoms with Gasteiger partial charge in [-0.05, 0) is 108 Å². The summed E-state index contributed by atoms with van der Waals surface area (Å²) in [4.78, 5) is 15.4. The number of hydrogen-bond donors (Lipinski definition) is 2. The van der Waals surface area contributed by atoms with Crippen LogP contribution in [-0.2, 0) is 5.41 Å². The topological polar surface area (TPSA) is 61.7 Å². The van der Waals surface area contributed by atoms with E-state index in [0.29, 0.717) is 0 Å². The van der Waals surface area contributed by atoms with Gasteiger partial charge in [0.05, 0.1) is 17.2 Å². The maximum absolute atomic E-state index is 5.37. The number of rotatable bonds is 5. The number of aromatic nitrogens is 1. The van der Waals surface area contributed by atoms with Crippen LogP contribution in [0.1, 0.15) is 50.7 Å². The molecule has 5 aliphatic rings. The van der Waals surface area contributed by atoms with Gasteiger partial charge in [0.25, 0.3) is 0 Å². The van der Waals surface area contributed by atoms with E-state index in [1.807, 2.05) is 24.5 Å². The van der Waals surface area contributed by atoms with Crippen molar-refractivity contribution >= 4 is 22.9 Å². The molecule has 8 aromatic rings. The molecule has 5 heteroatoms. The maximum Gasteiger partial charge on any atom is 0.169 e. The predicted molar refractivity (Wildman–Crippen MR) is 255 cm³/mol. The first-order chi connectivity index (χ1) is 31.2. The van der Waals surface area contributed by atoms with Gasteiger partial charge in [0.2, 0.25) is 0 Å². The van der Waals surface area contributed by atoms with E-state index in [9.17, 15) is 0 Å². The van der Waals surface area contributed by atoms with E-state index < -0.39 is 11.6 Å². The second-order valence-electron chi connectivity index (χ2n) is 16.8. The molecule has 3 heterocycles. The lowest BCUT2D eigenvalue weighted by Crippen LogP contribution is -2.45. The fourth-order valence-electron chi connectivity index (χ4n) is 10.7. The molecule has 296 valence electrons. The van der Waals surface area contributed by atoms with E-state index in [-0.39, 0.29) is 6.04 Å². The molecule has 1 spiro atoms. The third kappa shape index (κ3) is 5.39. The highest BCUT2D eigenvalue weighted by Gasteiger charge is 2.51. The molecule has 0 saturated carbocycles. The summed E-state index contributed by atoms with van der Waals surface area (Å²) in [5.41, 5.74) is 18.6. The van der Waals surface area contributed by atoms with Crippen LogP contribution in [0.2, 0.25) is 0 Å². The molecule has 0 saturated heterocycles. The largest absolute Gasteiger partial charge is 0.374 e. The number of benzene rings is 7. The standard InChI is InChI=1S/C58H39N5/c1-3-15-36(16-4-1)55-61-56(37-17-5-2-6-18-37)63-57(62-55)41-32-39(31-40(33-41)54-48-35-59-30-29-42(48)47-22-10-14-26-53(47)60-54)38-27-28-46-45-21-9-13-25-51(45)58(52(46)34-38)49-23-11-7-19-43(49)44-20-8-12-24-50(44)58/h1-35,53,57,60H,(H,61,62,63). The first-order valence-electron chi connectivity index (χ1n) is 21.7. The molecule has 0 amide bonds. The lowest BCUT2D eigenvalue weighted by Gasteiger charge is -2.31. The van der Waals surface area contributed by atoms with Crippen LogP contribution in [0.15, 0.2) is 223 Å². The molecule has 0 bridgehead atoms. The van der Waals surface area contributed by atoms with E-state index in [2.05, 4.69) is 204 Å². The molecule has 1 unspecified atom stereocenters. The number of aliphatic imine (C=N–C) groups is 2. The maximum atomic E-state index is 5.37. The van der Waals surface area contributed by atoms with Crippen LogP contribution in [0.3, 0.4) is 0 Å². The Kier molecular flexibility index (Phi) is 7.88. The molecule has 5 nitrogen and oxygen atoms in total. The first-order valence-corrected chi connectivity index (χ1v) is 21.7. The Morgan fingerprint density at radius 1 is 0.460 bits per heavy atom. The number of nitrogens with one attached hydrogen (secondary N) is 2. The summed E-state index contributed by atoms with van der Waals surface area (Å²) in [6, 6.07) is 63.9. The first kappa shape index (κ1) is 35.6. The van der Waals surface area contributed by atoms with Crippen molar-refractivity contribution in [3.8, 4) is 33.4 Å². The van der Waals surface area contributed by atoms with Crippen LogP contribution in [0.5, 0.6) is 0 Å². The van der Waals surface area contributed by atoms with Crippen molar-refractivity contribution in [2.75, 3.05) is 0 Å². The minimum Gasteiger partial charge on any atom is -0.374 e. The fourth-order valence-corrected chi connectivity index (χ4v) is 10.7. The van der Waals surface area contributed by atoms with Gasteiger partial charge in [-0.15, -0.1) is 0 Å². The summed E-state index contributed by atoms with van der Waals surface area (Å²) in [6.45, 7) is 0. The van der Waals surface area contributed by atoms with Gasteiger partial charge in [-0.1, -0.05) is 170 Å². The van der Waals surface area contributed by atoms with Crippen LogP contribution >= 0.6 is 0 Å². The molecule has 0 fully saturated rings. The minimum absolute atomic E-state index is 0.0251. The summed E-state index contributed by atoms with van der Waals surface area (Å²) in [7, 11) is 0. The summed E-state index contributed by atoms with van der Waals surface area (Å²) in [5.74, 6) is 1.57. The van der Waals surface area contributed by atoms with Crippen LogP contribution in [0.4, 0.5) is 0 Å². The molecule has 3 aliphatic carbocycles. The normalized spacial score (nSPS) is 17.0. The predicted octanol–water partition coefficient (Wildman–Crippen LogP) is 9.99. The lowest BCUT2D eigenvalue weighted by atomic mass is 9.70.